The molecule has 9 heteroatoms. The Labute approximate surface area is 169 Å². The summed E-state index contributed by atoms with van der Waals surface area (Å²) in [5, 5.41) is 15.5. The molecule has 4 rings (SSSR count). The van der Waals surface area contributed by atoms with Gasteiger partial charge in [0, 0.05) is 30.2 Å². The third-order valence-electron chi connectivity index (χ3n) is 5.24. The van der Waals surface area contributed by atoms with Gasteiger partial charge in [-0.05, 0) is 31.0 Å². The van der Waals surface area contributed by atoms with Crippen molar-refractivity contribution in [1.82, 2.24) is 24.2 Å². The van der Waals surface area contributed by atoms with Crippen molar-refractivity contribution in [3.05, 3.63) is 57.2 Å². The Bertz CT molecular complexity index is 1100. The number of aliphatic hydroxyl groups is 1. The number of amides is 1. The Morgan fingerprint density at radius 3 is 2.79 bits per heavy atom. The number of likely N-dealkylation sites (tertiary alicyclic amines) is 1. The van der Waals surface area contributed by atoms with Crippen LogP contribution in [0.25, 0.3) is 11.0 Å². The Hall–Kier alpha value is -2.52. The summed E-state index contributed by atoms with van der Waals surface area (Å²) in [6.07, 6.45) is 3.72. The predicted molar refractivity (Wildman–Crippen MR) is 107 cm³/mol. The molecule has 1 saturated heterocycles. The number of benzene rings is 1. The zero-order valence-electron chi connectivity index (χ0n) is 15.4. The number of aryl methyl sites for hydroxylation is 1. The van der Waals surface area contributed by atoms with Gasteiger partial charge in [-0.1, -0.05) is 22.0 Å². The molecule has 8 nitrogen and oxygen atoms in total. The average molecular weight is 446 g/mol. The largest absolute Gasteiger partial charge is 0.388 e. The first-order valence-corrected chi connectivity index (χ1v) is 9.80. The number of nitrogens with zero attached hydrogens (tertiary/aromatic N) is 5. The normalized spacial score (nSPS) is 16.5. The second-order valence-corrected chi connectivity index (χ2v) is 8.13. The third kappa shape index (κ3) is 3.47. The highest BCUT2D eigenvalue weighted by Crippen LogP contribution is 2.25. The molecule has 3 aromatic rings. The van der Waals surface area contributed by atoms with Crippen LogP contribution in [0.4, 0.5) is 0 Å². The standard InChI is InChI=1S/C19H20BrN5O3/c1-23-16-15(10-22-23)18(27)25(12-21-16)11-19(28)5-7-24(8-6-19)17(26)13-3-2-4-14(20)9-13/h2-4,9-10,12,28H,5-8,11H2,1H3. The smallest absolute Gasteiger partial charge is 0.264 e. The topological polar surface area (TPSA) is 93.2 Å². The van der Waals surface area contributed by atoms with E-state index < -0.39 is 5.60 Å². The molecular weight excluding hydrogens is 426 g/mol. The first kappa shape index (κ1) is 18.8. The van der Waals surface area contributed by atoms with Crippen LogP contribution in [0.2, 0.25) is 0 Å². The molecule has 1 N–H and O–H groups in total. The van der Waals surface area contributed by atoms with Crippen molar-refractivity contribution < 1.29 is 9.90 Å². The maximum atomic E-state index is 12.7. The van der Waals surface area contributed by atoms with Crippen molar-refractivity contribution in [3.8, 4) is 0 Å². The fraction of sp³-hybridized carbons (Fsp3) is 0.368. The molecule has 0 radical (unpaired) electrons. The molecule has 0 unspecified atom stereocenters. The van der Waals surface area contributed by atoms with Crippen LogP contribution in [0.3, 0.4) is 0 Å². The van der Waals surface area contributed by atoms with Gasteiger partial charge in [0.2, 0.25) is 0 Å². The molecule has 0 bridgehead atoms. The highest BCUT2D eigenvalue weighted by molar-refractivity contribution is 9.10. The van der Waals surface area contributed by atoms with Gasteiger partial charge in [-0.15, -0.1) is 0 Å². The van der Waals surface area contributed by atoms with Gasteiger partial charge in [0.05, 0.1) is 18.3 Å². The van der Waals surface area contributed by atoms with Crippen LogP contribution in [-0.2, 0) is 13.6 Å². The van der Waals surface area contributed by atoms with Crippen molar-refractivity contribution in [1.29, 1.82) is 0 Å². The summed E-state index contributed by atoms with van der Waals surface area (Å²) in [5.74, 6) is -0.0565. The lowest BCUT2D eigenvalue weighted by molar-refractivity contribution is -0.0299. The van der Waals surface area contributed by atoms with E-state index in [2.05, 4.69) is 26.0 Å². The quantitative estimate of drug-likeness (QED) is 0.659. The van der Waals surface area contributed by atoms with Crippen molar-refractivity contribution in [3.63, 3.8) is 0 Å². The van der Waals surface area contributed by atoms with E-state index >= 15 is 0 Å². The summed E-state index contributed by atoms with van der Waals surface area (Å²) in [5.41, 5.74) is -0.153. The Morgan fingerprint density at radius 1 is 1.32 bits per heavy atom. The number of piperidine rings is 1. The molecule has 0 atom stereocenters. The van der Waals surface area contributed by atoms with Crippen molar-refractivity contribution in [2.75, 3.05) is 13.1 Å². The van der Waals surface area contributed by atoms with Crippen LogP contribution in [0.5, 0.6) is 0 Å². The van der Waals surface area contributed by atoms with Crippen LogP contribution >= 0.6 is 15.9 Å². The number of aromatic nitrogens is 4. The fourth-order valence-corrected chi connectivity index (χ4v) is 3.98. The Morgan fingerprint density at radius 2 is 2.07 bits per heavy atom. The summed E-state index contributed by atoms with van der Waals surface area (Å²) in [6.45, 7) is 1.00. The maximum absolute atomic E-state index is 12.7. The van der Waals surface area contributed by atoms with E-state index in [9.17, 15) is 14.7 Å². The Kier molecular flexibility index (Phi) is 4.80. The lowest BCUT2D eigenvalue weighted by atomic mass is 9.91. The van der Waals surface area contributed by atoms with Crippen LogP contribution in [-0.4, -0.2) is 53.9 Å². The fourth-order valence-electron chi connectivity index (χ4n) is 3.58. The van der Waals surface area contributed by atoms with Gasteiger partial charge in [0.1, 0.15) is 11.7 Å². The highest BCUT2D eigenvalue weighted by atomic mass is 79.9. The maximum Gasteiger partial charge on any atom is 0.264 e. The van der Waals surface area contributed by atoms with E-state index in [0.717, 1.165) is 4.47 Å². The molecule has 0 spiro atoms. The minimum atomic E-state index is -1.06. The lowest BCUT2D eigenvalue weighted by Gasteiger charge is -2.38. The van der Waals surface area contributed by atoms with Gasteiger partial charge in [0.15, 0.2) is 5.65 Å². The first-order chi connectivity index (χ1) is 13.4. The number of halogens is 1. The van der Waals surface area contributed by atoms with Crippen LogP contribution in [0, 0.1) is 0 Å². The third-order valence-corrected chi connectivity index (χ3v) is 5.73. The van der Waals surface area contributed by atoms with Crippen molar-refractivity contribution in [2.45, 2.75) is 25.0 Å². The second kappa shape index (κ2) is 7.14. The summed E-state index contributed by atoms with van der Waals surface area (Å²) in [7, 11) is 1.73. The van der Waals surface area contributed by atoms with Crippen molar-refractivity contribution >= 4 is 32.9 Å². The number of carbonyl (C=O) groups excluding carboxylic acids is 1. The monoisotopic (exact) mass is 445 g/mol. The van der Waals surface area contributed by atoms with Gasteiger partial charge < -0.3 is 10.0 Å². The van der Waals surface area contributed by atoms with Crippen LogP contribution < -0.4 is 5.56 Å². The molecule has 2 aromatic heterocycles. The van der Waals surface area contributed by atoms with E-state index in [1.807, 2.05) is 12.1 Å². The highest BCUT2D eigenvalue weighted by Gasteiger charge is 2.35. The minimum absolute atomic E-state index is 0.0565. The summed E-state index contributed by atoms with van der Waals surface area (Å²) < 4.78 is 3.82. The molecular formula is C19H20BrN5O3. The molecule has 1 aromatic carbocycles. The Balaban J connectivity index is 1.47. The van der Waals surface area contributed by atoms with Gasteiger partial charge in [0.25, 0.3) is 11.5 Å². The molecule has 1 amide bonds. The number of carbonyl (C=O) groups is 1. The van der Waals surface area contributed by atoms with E-state index in [0.29, 0.717) is 42.5 Å². The predicted octanol–water partition coefficient (Wildman–Crippen LogP) is 1.56. The zero-order chi connectivity index (χ0) is 19.9. The molecule has 0 saturated carbocycles. The molecule has 28 heavy (non-hydrogen) atoms. The molecule has 0 aliphatic carbocycles. The van der Waals surface area contributed by atoms with Crippen LogP contribution in [0.15, 0.2) is 46.1 Å². The number of rotatable bonds is 3. The summed E-state index contributed by atoms with van der Waals surface area (Å²) >= 11 is 3.38. The van der Waals surface area contributed by atoms with E-state index in [1.165, 1.54) is 17.1 Å². The van der Waals surface area contributed by atoms with E-state index in [1.54, 1.807) is 28.8 Å². The lowest BCUT2D eigenvalue weighted by Crippen LogP contribution is -2.49. The van der Waals surface area contributed by atoms with Gasteiger partial charge >= 0.3 is 0 Å². The average Bonchev–Trinajstić information content (AvgIpc) is 3.06. The van der Waals surface area contributed by atoms with E-state index in [4.69, 9.17) is 0 Å². The van der Waals surface area contributed by atoms with Gasteiger partial charge in [-0.3, -0.25) is 18.8 Å². The number of fused-ring (bicyclic) bond motifs is 1. The van der Waals surface area contributed by atoms with Crippen molar-refractivity contribution in [2.24, 2.45) is 7.05 Å². The minimum Gasteiger partial charge on any atom is -0.388 e. The zero-order valence-corrected chi connectivity index (χ0v) is 17.0. The molecule has 1 aliphatic heterocycles. The summed E-state index contributed by atoms with van der Waals surface area (Å²) in [4.78, 5) is 31.3. The molecule has 1 fully saturated rings. The number of hydrogen-bond donors (Lipinski definition) is 1. The van der Waals surface area contributed by atoms with E-state index in [-0.39, 0.29) is 18.0 Å². The first-order valence-electron chi connectivity index (χ1n) is 9.01. The van der Waals surface area contributed by atoms with Gasteiger partial charge in [-0.25, -0.2) is 4.98 Å². The van der Waals surface area contributed by atoms with Crippen LogP contribution in [0.1, 0.15) is 23.2 Å². The molecule has 146 valence electrons. The second-order valence-electron chi connectivity index (χ2n) is 7.21. The summed E-state index contributed by atoms with van der Waals surface area (Å²) in [6, 6.07) is 7.27. The number of hydrogen-bond acceptors (Lipinski definition) is 5. The molecule has 3 heterocycles. The SMILES string of the molecule is Cn1ncc2c(=O)n(CC3(O)CCN(C(=O)c4cccc(Br)c4)CC3)cnc21. The molecule has 1 aliphatic rings. The van der Waals surface area contributed by atoms with Gasteiger partial charge in [-0.2, -0.15) is 5.10 Å².